The molecule has 0 saturated heterocycles. The van der Waals surface area contributed by atoms with Crippen LogP contribution in [0.2, 0.25) is 0 Å². The largest absolute Gasteiger partial charge is 0.492 e. The fraction of sp³-hybridized carbons (Fsp3) is 0.458. The van der Waals surface area contributed by atoms with Crippen LogP contribution in [0.1, 0.15) is 52.0 Å². The predicted octanol–water partition coefficient (Wildman–Crippen LogP) is 3.55. The summed E-state index contributed by atoms with van der Waals surface area (Å²) in [5, 5.41) is 9.81. The first-order chi connectivity index (χ1) is 14.6. The maximum atomic E-state index is 13.3. The molecule has 0 spiro atoms. The first-order valence-electron chi connectivity index (χ1n) is 10.3. The minimum atomic E-state index is -1.07. The van der Waals surface area contributed by atoms with Crippen molar-refractivity contribution in [3.8, 4) is 29.1 Å². The number of ketones is 1. The number of carbonyl (C=O) groups excluding carboxylic acids is 1. The van der Waals surface area contributed by atoms with Crippen LogP contribution in [0.15, 0.2) is 18.2 Å². The van der Waals surface area contributed by atoms with Crippen molar-refractivity contribution < 1.29 is 28.6 Å². The molecule has 1 N–H and O–H groups in total. The molecule has 2 aromatic rings. The molecule has 1 aromatic heterocycles. The molecule has 7 heteroatoms. The van der Waals surface area contributed by atoms with E-state index in [-0.39, 0.29) is 18.6 Å². The summed E-state index contributed by atoms with van der Waals surface area (Å²) in [6.45, 7) is 4.37. The fourth-order valence-corrected chi connectivity index (χ4v) is 4.97. The van der Waals surface area contributed by atoms with Crippen molar-refractivity contribution in [3.05, 3.63) is 39.1 Å². The number of hydrogen-bond donors (Lipinski definition) is 1. The summed E-state index contributed by atoms with van der Waals surface area (Å²) in [4.78, 5) is 14.7. The van der Waals surface area contributed by atoms with Crippen molar-refractivity contribution in [1.29, 1.82) is 0 Å². The Morgan fingerprint density at radius 1 is 1.35 bits per heavy atom. The van der Waals surface area contributed by atoms with E-state index in [2.05, 4.69) is 25.9 Å². The molecule has 0 unspecified atom stereocenters. The van der Waals surface area contributed by atoms with Gasteiger partial charge in [-0.05, 0) is 37.6 Å². The Kier molecular flexibility index (Phi) is 5.50. The Morgan fingerprint density at radius 2 is 2.13 bits per heavy atom. The highest BCUT2D eigenvalue weighted by atomic mass is 32.1. The summed E-state index contributed by atoms with van der Waals surface area (Å²) in [6.07, 6.45) is 1.24. The average Bonchev–Trinajstić information content (AvgIpc) is 3.35. The van der Waals surface area contributed by atoms with Gasteiger partial charge in [-0.2, -0.15) is 0 Å². The van der Waals surface area contributed by atoms with Crippen LogP contribution in [0.25, 0.3) is 0 Å². The van der Waals surface area contributed by atoms with Gasteiger partial charge < -0.3 is 23.8 Å². The topological polar surface area (TPSA) is 65.0 Å². The number of methoxy groups -OCH3 is 1. The first-order valence-corrected chi connectivity index (χ1v) is 11.1. The Hall–Kier alpha value is -2.53. The van der Waals surface area contributed by atoms with Gasteiger partial charge in [0.2, 0.25) is 12.5 Å². The lowest BCUT2D eigenvalue weighted by molar-refractivity contribution is -0.922. The third kappa shape index (κ3) is 4.29. The van der Waals surface area contributed by atoms with Crippen LogP contribution >= 0.6 is 11.3 Å². The normalized spacial score (nSPS) is 18.7. The highest BCUT2D eigenvalue weighted by Crippen LogP contribution is 2.51. The van der Waals surface area contributed by atoms with Crippen molar-refractivity contribution in [3.63, 3.8) is 0 Å². The number of thiophene rings is 1. The quantitative estimate of drug-likeness (QED) is 0.446. The third-order valence-electron chi connectivity index (χ3n) is 5.83. The molecule has 3 heterocycles. The van der Waals surface area contributed by atoms with Crippen LogP contribution in [0.4, 0.5) is 0 Å². The van der Waals surface area contributed by atoms with E-state index in [1.165, 1.54) is 11.3 Å². The van der Waals surface area contributed by atoms with E-state index >= 15 is 0 Å². The summed E-state index contributed by atoms with van der Waals surface area (Å²) in [5.41, 5.74) is 1.12. The van der Waals surface area contributed by atoms with Crippen molar-refractivity contribution >= 4 is 17.1 Å². The van der Waals surface area contributed by atoms with E-state index in [0.717, 1.165) is 29.0 Å². The number of ether oxygens (including phenoxy) is 3. The minimum Gasteiger partial charge on any atom is -0.492 e. The third-order valence-corrected chi connectivity index (χ3v) is 6.88. The summed E-state index contributed by atoms with van der Waals surface area (Å²) in [5.74, 6) is 7.84. The lowest BCUT2D eigenvalue weighted by Crippen LogP contribution is -2.48. The molecule has 0 bridgehead atoms. The van der Waals surface area contributed by atoms with Crippen molar-refractivity contribution in [2.24, 2.45) is 0 Å². The lowest BCUT2D eigenvalue weighted by Gasteiger charge is -2.43. The predicted molar refractivity (Wildman–Crippen MR) is 119 cm³/mol. The second kappa shape index (κ2) is 7.86. The molecule has 2 aliphatic rings. The van der Waals surface area contributed by atoms with Gasteiger partial charge in [0.05, 0.1) is 49.5 Å². The molecule has 0 radical (unpaired) electrons. The highest BCUT2D eigenvalue weighted by molar-refractivity contribution is 7.14. The Morgan fingerprint density at radius 3 is 2.84 bits per heavy atom. The number of carbonyl (C=O) groups is 1. The fourth-order valence-electron chi connectivity index (χ4n) is 4.16. The maximum Gasteiger partial charge on any atom is 0.231 e. The van der Waals surface area contributed by atoms with E-state index in [1.54, 1.807) is 21.0 Å². The maximum absolute atomic E-state index is 13.3. The second-order valence-electron chi connectivity index (χ2n) is 9.08. The SMILES string of the molecule is COc1c2c(cc3c1[C@H](CC(=O)c1ccc(C#CC(C)(C)O)s1)[N+](C)(C)CC3)OCO2. The zero-order chi connectivity index (χ0) is 22.4. The molecule has 0 amide bonds. The Bertz CT molecular complexity index is 1080. The summed E-state index contributed by atoms with van der Waals surface area (Å²) >= 11 is 1.36. The Balaban J connectivity index is 1.67. The van der Waals surface area contributed by atoms with Gasteiger partial charge in [0.1, 0.15) is 11.6 Å². The smallest absolute Gasteiger partial charge is 0.231 e. The Labute approximate surface area is 186 Å². The van der Waals surface area contributed by atoms with Gasteiger partial charge in [-0.25, -0.2) is 0 Å². The molecule has 164 valence electrons. The molecule has 1 atom stereocenters. The molecule has 0 fully saturated rings. The van der Waals surface area contributed by atoms with Gasteiger partial charge in [0.25, 0.3) is 0 Å². The van der Waals surface area contributed by atoms with E-state index in [1.807, 2.05) is 18.2 Å². The lowest BCUT2D eigenvalue weighted by atomic mass is 9.86. The molecular weight excluding hydrogens is 414 g/mol. The van der Waals surface area contributed by atoms with Crippen LogP contribution < -0.4 is 14.2 Å². The zero-order valence-corrected chi connectivity index (χ0v) is 19.4. The van der Waals surface area contributed by atoms with E-state index in [9.17, 15) is 9.90 Å². The van der Waals surface area contributed by atoms with Crippen molar-refractivity contribution in [1.82, 2.24) is 0 Å². The standard InChI is InChI=1S/C24H28NO5S/c1-24(2,27)10-8-16-6-7-20(31-16)18(26)13-17-21-15(9-11-25(17,3)4)12-19-22(23(21)28-5)30-14-29-19/h6-7,12,17,27H,9,11,13-14H2,1-5H3/q+1/t17-/m0/s1. The molecule has 0 aliphatic carbocycles. The van der Waals surface area contributed by atoms with Crippen LogP contribution in [-0.2, 0) is 6.42 Å². The van der Waals surface area contributed by atoms with Crippen LogP contribution in [0, 0.1) is 11.8 Å². The molecule has 6 nitrogen and oxygen atoms in total. The molecule has 31 heavy (non-hydrogen) atoms. The molecule has 1 aromatic carbocycles. The molecule has 0 saturated carbocycles. The number of quaternary nitrogens is 1. The van der Waals surface area contributed by atoms with Crippen molar-refractivity contribution in [2.45, 2.75) is 38.3 Å². The second-order valence-corrected chi connectivity index (χ2v) is 10.2. The van der Waals surface area contributed by atoms with Crippen LogP contribution in [-0.4, -0.2) is 55.5 Å². The van der Waals surface area contributed by atoms with E-state index in [0.29, 0.717) is 33.0 Å². The van der Waals surface area contributed by atoms with Crippen LogP contribution in [0.5, 0.6) is 17.2 Å². The van der Waals surface area contributed by atoms with Gasteiger partial charge in [0, 0.05) is 6.42 Å². The number of fused-ring (bicyclic) bond motifs is 2. The minimum absolute atomic E-state index is 0.0614. The summed E-state index contributed by atoms with van der Waals surface area (Å²) < 4.78 is 17.7. The monoisotopic (exact) mass is 442 g/mol. The van der Waals surface area contributed by atoms with E-state index in [4.69, 9.17) is 14.2 Å². The summed E-state index contributed by atoms with van der Waals surface area (Å²) in [6, 6.07) is 5.63. The summed E-state index contributed by atoms with van der Waals surface area (Å²) in [7, 11) is 5.94. The van der Waals surface area contributed by atoms with E-state index < -0.39 is 5.60 Å². The number of benzene rings is 1. The molecule has 4 rings (SSSR count). The number of rotatable bonds is 4. The number of Topliss-reactive ketones (excluding diaryl/α,β-unsaturated/α-hetero) is 1. The van der Waals surface area contributed by atoms with Gasteiger partial charge in [-0.1, -0.05) is 11.8 Å². The number of likely N-dealkylation sites (N-methyl/N-ethyl adjacent to an activating group) is 1. The highest BCUT2D eigenvalue weighted by Gasteiger charge is 2.42. The average molecular weight is 443 g/mol. The van der Waals surface area contributed by atoms with Gasteiger partial charge in [-0.15, -0.1) is 11.3 Å². The molecule has 2 aliphatic heterocycles. The molecular formula is C24H28NO5S+. The number of nitrogens with zero attached hydrogens (tertiary/aromatic N) is 1. The zero-order valence-electron chi connectivity index (χ0n) is 18.6. The van der Waals surface area contributed by atoms with Gasteiger partial charge in [0.15, 0.2) is 17.3 Å². The number of hydrogen-bond acceptors (Lipinski definition) is 6. The van der Waals surface area contributed by atoms with Gasteiger partial charge in [-0.3, -0.25) is 4.79 Å². The van der Waals surface area contributed by atoms with Crippen LogP contribution in [0.3, 0.4) is 0 Å². The first kappa shape index (κ1) is 21.7. The number of aliphatic hydroxyl groups is 1. The van der Waals surface area contributed by atoms with Gasteiger partial charge >= 0.3 is 0 Å². The van der Waals surface area contributed by atoms with Crippen molar-refractivity contribution in [2.75, 3.05) is 34.5 Å².